The van der Waals surface area contributed by atoms with Crippen LogP contribution in [-0.2, 0) is 16.0 Å². The smallest absolute Gasteiger partial charge is 0.340 e. The van der Waals surface area contributed by atoms with Crippen molar-refractivity contribution in [2.24, 2.45) is 11.8 Å². The summed E-state index contributed by atoms with van der Waals surface area (Å²) >= 11 is 6.03. The number of rotatable bonds is 6. The van der Waals surface area contributed by atoms with Crippen molar-refractivity contribution < 1.29 is 23.5 Å². The average Bonchev–Trinajstić information content (AvgIpc) is 3.28. The average molecular weight is 508 g/mol. The fourth-order valence-corrected chi connectivity index (χ4v) is 5.19. The van der Waals surface area contributed by atoms with Crippen LogP contribution in [0.4, 0.5) is 0 Å². The highest BCUT2D eigenvalue weighted by Crippen LogP contribution is 2.35. The normalized spacial score (nSPS) is 17.9. The maximum atomic E-state index is 12.7. The first kappa shape index (κ1) is 24.1. The summed E-state index contributed by atoms with van der Waals surface area (Å²) in [7, 11) is 0. The number of hydrogen-bond donors (Lipinski definition) is 2. The van der Waals surface area contributed by atoms with E-state index < -0.39 is 11.6 Å². The molecule has 2 N–H and O–H groups in total. The van der Waals surface area contributed by atoms with Gasteiger partial charge in [-0.05, 0) is 67.9 Å². The van der Waals surface area contributed by atoms with Crippen molar-refractivity contribution in [3.05, 3.63) is 69.2 Å². The molecule has 0 atom stereocenters. The number of carboxylic acids is 1. The third-order valence-electron chi connectivity index (χ3n) is 7.26. The van der Waals surface area contributed by atoms with Gasteiger partial charge >= 0.3 is 11.6 Å². The van der Waals surface area contributed by atoms with Crippen molar-refractivity contribution in [2.45, 2.75) is 39.0 Å². The summed E-state index contributed by atoms with van der Waals surface area (Å²) in [6, 6.07) is 11.1. The third kappa shape index (κ3) is 4.75. The second-order valence-corrected chi connectivity index (χ2v) is 9.97. The Labute approximate surface area is 212 Å². The van der Waals surface area contributed by atoms with E-state index in [1.807, 2.05) is 37.3 Å². The summed E-state index contributed by atoms with van der Waals surface area (Å²) in [5.41, 5.74) is 3.32. The van der Waals surface area contributed by atoms with Crippen LogP contribution in [0.3, 0.4) is 0 Å². The molecular formula is C28H26ClNO6. The highest BCUT2D eigenvalue weighted by molar-refractivity contribution is 6.30. The molecule has 1 saturated carbocycles. The van der Waals surface area contributed by atoms with Gasteiger partial charge in [-0.15, -0.1) is 0 Å². The van der Waals surface area contributed by atoms with Gasteiger partial charge < -0.3 is 19.3 Å². The molecular weight excluding hydrogens is 482 g/mol. The van der Waals surface area contributed by atoms with Gasteiger partial charge in [0.15, 0.2) is 0 Å². The number of carboxylic acid groups (broad SMARTS) is 1. The van der Waals surface area contributed by atoms with Crippen LogP contribution in [0.5, 0.6) is 0 Å². The SMILES string of the molecule is Cc1c(CC(=O)NCC2CCC(C(=O)O)CC2)c(=O)oc2cc3occ(-c4ccc(Cl)cc4)c3cc12. The highest BCUT2D eigenvalue weighted by atomic mass is 35.5. The molecule has 7 nitrogen and oxygen atoms in total. The fraction of sp³-hybridized carbons (Fsp3) is 0.321. The summed E-state index contributed by atoms with van der Waals surface area (Å²) < 4.78 is 11.3. The highest BCUT2D eigenvalue weighted by Gasteiger charge is 2.26. The Hall–Kier alpha value is -3.58. The van der Waals surface area contributed by atoms with Crippen molar-refractivity contribution in [1.82, 2.24) is 5.32 Å². The lowest BCUT2D eigenvalue weighted by atomic mass is 9.82. The molecule has 0 radical (unpaired) electrons. The van der Waals surface area contributed by atoms with Gasteiger partial charge in [-0.25, -0.2) is 4.79 Å². The van der Waals surface area contributed by atoms with Gasteiger partial charge in [-0.2, -0.15) is 0 Å². The fourth-order valence-electron chi connectivity index (χ4n) is 5.06. The van der Waals surface area contributed by atoms with E-state index >= 15 is 0 Å². The summed E-state index contributed by atoms with van der Waals surface area (Å²) in [6.07, 6.45) is 4.38. The second kappa shape index (κ2) is 9.82. The van der Waals surface area contributed by atoms with Crippen molar-refractivity contribution in [3.63, 3.8) is 0 Å². The van der Waals surface area contributed by atoms with E-state index in [0.29, 0.717) is 46.7 Å². The first-order chi connectivity index (χ1) is 17.3. The number of carbonyl (C=O) groups is 2. The topological polar surface area (TPSA) is 110 Å². The molecule has 2 aromatic heterocycles. The first-order valence-electron chi connectivity index (χ1n) is 12.0. The molecule has 0 aliphatic heterocycles. The molecule has 0 bridgehead atoms. The molecule has 4 aromatic rings. The Kier molecular flexibility index (Phi) is 6.58. The van der Waals surface area contributed by atoms with Crippen LogP contribution in [0.25, 0.3) is 33.1 Å². The molecule has 1 aliphatic carbocycles. The number of benzene rings is 2. The third-order valence-corrected chi connectivity index (χ3v) is 7.51. The van der Waals surface area contributed by atoms with E-state index in [2.05, 4.69) is 5.32 Å². The van der Waals surface area contributed by atoms with Crippen LogP contribution in [0.2, 0.25) is 5.02 Å². The number of amides is 1. The van der Waals surface area contributed by atoms with E-state index in [1.54, 1.807) is 12.3 Å². The number of furan rings is 1. The Morgan fingerprint density at radius 2 is 1.78 bits per heavy atom. The van der Waals surface area contributed by atoms with Crippen molar-refractivity contribution in [3.8, 4) is 11.1 Å². The second-order valence-electron chi connectivity index (χ2n) is 9.53. The van der Waals surface area contributed by atoms with Crippen LogP contribution in [0.1, 0.15) is 36.8 Å². The molecule has 8 heteroatoms. The molecule has 186 valence electrons. The van der Waals surface area contributed by atoms with Crippen LogP contribution in [-0.4, -0.2) is 23.5 Å². The number of nitrogens with one attached hydrogen (secondary N) is 1. The maximum absolute atomic E-state index is 12.7. The summed E-state index contributed by atoms with van der Waals surface area (Å²) in [5.74, 6) is -1.04. The zero-order valence-electron chi connectivity index (χ0n) is 19.8. The zero-order valence-corrected chi connectivity index (χ0v) is 20.6. The predicted octanol–water partition coefficient (Wildman–Crippen LogP) is 5.72. The summed E-state index contributed by atoms with van der Waals surface area (Å²) in [5, 5.41) is 14.3. The van der Waals surface area contributed by atoms with E-state index in [4.69, 9.17) is 25.5 Å². The minimum Gasteiger partial charge on any atom is -0.481 e. The van der Waals surface area contributed by atoms with E-state index in [-0.39, 0.29) is 24.2 Å². The zero-order chi connectivity index (χ0) is 25.4. The van der Waals surface area contributed by atoms with Gasteiger partial charge in [0.2, 0.25) is 5.91 Å². The van der Waals surface area contributed by atoms with Crippen LogP contribution >= 0.6 is 11.6 Å². The van der Waals surface area contributed by atoms with Crippen LogP contribution in [0, 0.1) is 18.8 Å². The van der Waals surface area contributed by atoms with E-state index in [9.17, 15) is 14.4 Å². The standard InChI is InChI=1S/C28H26ClNO6/c1-15-20-10-22-23(17-6-8-19(29)9-7-17)14-35-24(22)12-25(20)36-28(34)21(15)11-26(31)30-13-16-2-4-18(5-3-16)27(32)33/h6-10,12,14,16,18H,2-5,11,13H2,1H3,(H,30,31)(H,32,33). The molecule has 5 rings (SSSR count). The summed E-state index contributed by atoms with van der Waals surface area (Å²) in [4.78, 5) is 36.6. The molecule has 36 heavy (non-hydrogen) atoms. The van der Waals surface area contributed by atoms with E-state index in [1.165, 1.54) is 0 Å². The molecule has 2 aromatic carbocycles. The Balaban J connectivity index is 1.37. The lowest BCUT2D eigenvalue weighted by Gasteiger charge is -2.26. The molecule has 0 saturated heterocycles. The first-order valence-corrected chi connectivity index (χ1v) is 12.4. The van der Waals surface area contributed by atoms with Gasteiger partial charge in [0.1, 0.15) is 11.2 Å². The number of aliphatic carboxylic acids is 1. The summed E-state index contributed by atoms with van der Waals surface area (Å²) in [6.45, 7) is 2.30. The largest absolute Gasteiger partial charge is 0.481 e. The Morgan fingerprint density at radius 3 is 2.47 bits per heavy atom. The van der Waals surface area contributed by atoms with Gasteiger partial charge in [0, 0.05) is 34.0 Å². The Morgan fingerprint density at radius 1 is 1.06 bits per heavy atom. The minimum atomic E-state index is -0.746. The number of hydrogen-bond acceptors (Lipinski definition) is 5. The van der Waals surface area contributed by atoms with Crippen LogP contribution < -0.4 is 10.9 Å². The number of fused-ring (bicyclic) bond motifs is 2. The van der Waals surface area contributed by atoms with Crippen LogP contribution in [0.15, 0.2) is 56.3 Å². The van der Waals surface area contributed by atoms with Gasteiger partial charge in [-0.1, -0.05) is 23.7 Å². The number of aryl methyl sites for hydroxylation is 1. The lowest BCUT2D eigenvalue weighted by molar-refractivity contribution is -0.143. The van der Waals surface area contributed by atoms with E-state index in [0.717, 1.165) is 34.7 Å². The number of halogens is 1. The van der Waals surface area contributed by atoms with Gasteiger partial charge in [-0.3, -0.25) is 9.59 Å². The predicted molar refractivity (Wildman–Crippen MR) is 137 cm³/mol. The van der Waals surface area contributed by atoms with Crippen molar-refractivity contribution in [2.75, 3.05) is 6.54 Å². The molecule has 2 heterocycles. The molecule has 0 unspecified atom stereocenters. The number of carbonyl (C=O) groups excluding carboxylic acids is 1. The van der Waals surface area contributed by atoms with Crippen molar-refractivity contribution >= 4 is 45.4 Å². The maximum Gasteiger partial charge on any atom is 0.340 e. The van der Waals surface area contributed by atoms with Gasteiger partial charge in [0.25, 0.3) is 0 Å². The molecule has 1 aliphatic rings. The van der Waals surface area contributed by atoms with Gasteiger partial charge in [0.05, 0.1) is 24.2 Å². The molecule has 1 amide bonds. The minimum absolute atomic E-state index is 0.0813. The lowest BCUT2D eigenvalue weighted by Crippen LogP contribution is -2.34. The van der Waals surface area contributed by atoms with Crippen molar-refractivity contribution in [1.29, 1.82) is 0 Å². The Bertz CT molecular complexity index is 1510. The quantitative estimate of drug-likeness (QED) is 0.323. The monoisotopic (exact) mass is 507 g/mol. The molecule has 1 fully saturated rings. The molecule has 0 spiro atoms.